The Kier molecular flexibility index (Phi) is 4.41. The zero-order chi connectivity index (χ0) is 13.9. The quantitative estimate of drug-likeness (QED) is 0.925. The van der Waals surface area contributed by atoms with Gasteiger partial charge in [0.1, 0.15) is 0 Å². The predicted molar refractivity (Wildman–Crippen MR) is 83.0 cm³/mol. The summed E-state index contributed by atoms with van der Waals surface area (Å²) in [4.78, 5) is 17.4. The van der Waals surface area contributed by atoms with Crippen LogP contribution in [0, 0.1) is 12.8 Å². The number of carbonyl (C=O) groups excluding carboxylic acids is 1. The second-order valence-corrected chi connectivity index (χ2v) is 7.41. The van der Waals surface area contributed by atoms with Crippen molar-refractivity contribution in [2.24, 2.45) is 5.92 Å². The second kappa shape index (κ2) is 6.27. The maximum absolute atomic E-state index is 12.5. The first-order chi connectivity index (χ1) is 9.74. The first kappa shape index (κ1) is 14.1. The van der Waals surface area contributed by atoms with Crippen molar-refractivity contribution >= 4 is 17.2 Å². The molecule has 2 saturated heterocycles. The molecule has 20 heavy (non-hydrogen) atoms. The molecule has 0 saturated carbocycles. The van der Waals surface area contributed by atoms with Gasteiger partial charge in [0.2, 0.25) is 5.91 Å². The van der Waals surface area contributed by atoms with Crippen LogP contribution in [0.2, 0.25) is 0 Å². The van der Waals surface area contributed by atoms with Crippen molar-refractivity contribution in [3.63, 3.8) is 0 Å². The van der Waals surface area contributed by atoms with E-state index in [2.05, 4.69) is 29.3 Å². The number of aryl methyl sites for hydroxylation is 1. The monoisotopic (exact) mass is 292 g/mol. The van der Waals surface area contributed by atoms with Crippen molar-refractivity contribution in [1.29, 1.82) is 0 Å². The Labute approximate surface area is 125 Å². The van der Waals surface area contributed by atoms with Gasteiger partial charge >= 0.3 is 0 Å². The zero-order valence-electron chi connectivity index (χ0n) is 12.2. The van der Waals surface area contributed by atoms with E-state index in [1.807, 2.05) is 11.3 Å². The third kappa shape index (κ3) is 3.07. The highest BCUT2D eigenvalue weighted by Gasteiger charge is 2.30. The van der Waals surface area contributed by atoms with Crippen LogP contribution in [0.15, 0.2) is 12.1 Å². The Bertz CT molecular complexity index is 465. The highest BCUT2D eigenvalue weighted by atomic mass is 32.1. The normalized spacial score (nSPS) is 26.4. The van der Waals surface area contributed by atoms with Gasteiger partial charge in [-0.1, -0.05) is 0 Å². The van der Waals surface area contributed by atoms with Crippen LogP contribution in [0.5, 0.6) is 0 Å². The van der Waals surface area contributed by atoms with Crippen LogP contribution < -0.4 is 5.32 Å². The molecule has 2 aliphatic rings. The Morgan fingerprint density at radius 2 is 2.35 bits per heavy atom. The first-order valence-electron chi connectivity index (χ1n) is 7.80. The maximum atomic E-state index is 12.5. The molecule has 110 valence electrons. The van der Waals surface area contributed by atoms with Crippen molar-refractivity contribution in [3.05, 3.63) is 21.9 Å². The van der Waals surface area contributed by atoms with Gasteiger partial charge in [-0.15, -0.1) is 11.3 Å². The number of hydrogen-bond acceptors (Lipinski definition) is 3. The van der Waals surface area contributed by atoms with Crippen molar-refractivity contribution in [1.82, 2.24) is 10.2 Å². The lowest BCUT2D eigenvalue weighted by molar-refractivity contribution is -0.132. The Morgan fingerprint density at radius 1 is 1.45 bits per heavy atom. The molecule has 4 heteroatoms. The molecule has 2 aliphatic heterocycles. The molecule has 0 radical (unpaired) electrons. The minimum absolute atomic E-state index is 0.350. The zero-order valence-corrected chi connectivity index (χ0v) is 13.0. The fourth-order valence-electron chi connectivity index (χ4n) is 3.43. The topological polar surface area (TPSA) is 32.3 Å². The molecule has 0 aromatic carbocycles. The molecule has 1 amide bonds. The van der Waals surface area contributed by atoms with E-state index in [4.69, 9.17) is 0 Å². The SMILES string of the molecule is Cc1ccc(C2CCCN2C(=O)CCC2CCNC2)s1. The van der Waals surface area contributed by atoms with E-state index >= 15 is 0 Å². The van der Waals surface area contributed by atoms with Gasteiger partial charge in [-0.3, -0.25) is 4.79 Å². The molecule has 0 spiro atoms. The van der Waals surface area contributed by atoms with E-state index < -0.39 is 0 Å². The number of rotatable bonds is 4. The first-order valence-corrected chi connectivity index (χ1v) is 8.62. The molecular weight excluding hydrogens is 268 g/mol. The molecule has 3 heterocycles. The number of carbonyl (C=O) groups is 1. The highest BCUT2D eigenvalue weighted by molar-refractivity contribution is 7.12. The predicted octanol–water partition coefficient (Wildman–Crippen LogP) is 3.11. The van der Waals surface area contributed by atoms with Gasteiger partial charge < -0.3 is 10.2 Å². The van der Waals surface area contributed by atoms with Crippen LogP contribution in [-0.4, -0.2) is 30.4 Å². The van der Waals surface area contributed by atoms with Gasteiger partial charge in [0.15, 0.2) is 0 Å². The molecule has 2 atom stereocenters. The summed E-state index contributed by atoms with van der Waals surface area (Å²) in [5.74, 6) is 1.08. The van der Waals surface area contributed by atoms with Gasteiger partial charge in [0.25, 0.3) is 0 Å². The Hall–Kier alpha value is -0.870. The molecule has 2 unspecified atom stereocenters. The maximum Gasteiger partial charge on any atom is 0.223 e. The number of nitrogens with one attached hydrogen (secondary N) is 1. The largest absolute Gasteiger partial charge is 0.335 e. The average molecular weight is 292 g/mol. The van der Waals surface area contributed by atoms with Crippen molar-refractivity contribution in [3.8, 4) is 0 Å². The summed E-state index contributed by atoms with van der Waals surface area (Å²) in [7, 11) is 0. The summed E-state index contributed by atoms with van der Waals surface area (Å²) in [6.07, 6.45) is 5.31. The number of nitrogens with zero attached hydrogens (tertiary/aromatic N) is 1. The van der Waals surface area contributed by atoms with Crippen LogP contribution in [0.25, 0.3) is 0 Å². The molecular formula is C16H24N2OS. The van der Waals surface area contributed by atoms with E-state index in [1.54, 1.807) is 0 Å². The van der Waals surface area contributed by atoms with Gasteiger partial charge in [0.05, 0.1) is 6.04 Å². The van der Waals surface area contributed by atoms with Gasteiger partial charge in [-0.2, -0.15) is 0 Å². The molecule has 0 aliphatic carbocycles. The number of likely N-dealkylation sites (tertiary alicyclic amines) is 1. The van der Waals surface area contributed by atoms with E-state index in [9.17, 15) is 4.79 Å². The third-order valence-corrected chi connectivity index (χ3v) is 5.69. The van der Waals surface area contributed by atoms with E-state index in [1.165, 1.54) is 16.2 Å². The Morgan fingerprint density at radius 3 is 3.05 bits per heavy atom. The summed E-state index contributed by atoms with van der Waals surface area (Å²) in [6, 6.07) is 4.73. The molecule has 0 bridgehead atoms. The minimum atomic E-state index is 0.350. The summed E-state index contributed by atoms with van der Waals surface area (Å²) < 4.78 is 0. The van der Waals surface area contributed by atoms with Gasteiger partial charge in [-0.05, 0) is 63.7 Å². The Balaban J connectivity index is 1.58. The molecule has 3 rings (SSSR count). The fraction of sp³-hybridized carbons (Fsp3) is 0.688. The smallest absolute Gasteiger partial charge is 0.223 e. The molecule has 1 N–H and O–H groups in total. The molecule has 1 aromatic rings. The number of thiophene rings is 1. The minimum Gasteiger partial charge on any atom is -0.335 e. The van der Waals surface area contributed by atoms with Crippen LogP contribution in [0.4, 0.5) is 0 Å². The van der Waals surface area contributed by atoms with E-state index in [-0.39, 0.29) is 0 Å². The summed E-state index contributed by atoms with van der Waals surface area (Å²) in [5, 5.41) is 3.38. The van der Waals surface area contributed by atoms with Crippen LogP contribution in [0.1, 0.15) is 47.9 Å². The van der Waals surface area contributed by atoms with Crippen LogP contribution in [0.3, 0.4) is 0 Å². The molecule has 1 aromatic heterocycles. The lowest BCUT2D eigenvalue weighted by atomic mass is 10.0. The third-order valence-electron chi connectivity index (χ3n) is 4.59. The number of hydrogen-bond donors (Lipinski definition) is 1. The lowest BCUT2D eigenvalue weighted by Crippen LogP contribution is -2.30. The van der Waals surface area contributed by atoms with Crippen LogP contribution >= 0.6 is 11.3 Å². The summed E-state index contributed by atoms with van der Waals surface area (Å²) >= 11 is 1.85. The lowest BCUT2D eigenvalue weighted by Gasteiger charge is -2.24. The average Bonchev–Trinajstić information content (AvgIpc) is 3.16. The summed E-state index contributed by atoms with van der Waals surface area (Å²) in [5.41, 5.74) is 0. The second-order valence-electron chi connectivity index (χ2n) is 6.09. The van der Waals surface area contributed by atoms with Crippen molar-refractivity contribution in [2.75, 3.05) is 19.6 Å². The standard InChI is InChI=1S/C16H24N2OS/c1-12-4-6-15(20-12)14-3-2-10-18(14)16(19)7-5-13-8-9-17-11-13/h4,6,13-14,17H,2-3,5,7-11H2,1H3. The highest BCUT2D eigenvalue weighted by Crippen LogP contribution is 2.36. The van der Waals surface area contributed by atoms with Crippen LogP contribution in [-0.2, 0) is 4.79 Å². The van der Waals surface area contributed by atoms with Gasteiger partial charge in [0, 0.05) is 22.7 Å². The number of amides is 1. The molecule has 2 fully saturated rings. The van der Waals surface area contributed by atoms with Gasteiger partial charge in [-0.25, -0.2) is 0 Å². The van der Waals surface area contributed by atoms with Crippen molar-refractivity contribution in [2.45, 2.75) is 45.1 Å². The van der Waals surface area contributed by atoms with Crippen molar-refractivity contribution < 1.29 is 4.79 Å². The fourth-order valence-corrected chi connectivity index (χ4v) is 4.45. The summed E-state index contributed by atoms with van der Waals surface area (Å²) in [6.45, 7) is 5.31. The molecule has 3 nitrogen and oxygen atoms in total. The van der Waals surface area contributed by atoms with E-state index in [0.717, 1.165) is 45.3 Å². The van der Waals surface area contributed by atoms with E-state index in [0.29, 0.717) is 17.9 Å².